The first kappa shape index (κ1) is 77.2. The van der Waals surface area contributed by atoms with Crippen LogP contribution in [0.25, 0.3) is 0 Å². The lowest BCUT2D eigenvalue weighted by Gasteiger charge is -2.25. The highest BCUT2D eigenvalue weighted by Gasteiger charge is 2.28. The molecule has 0 aliphatic heterocycles. The molecule has 3 unspecified atom stereocenters. The molecule has 3 N–H and O–H groups in total. The zero-order valence-electron chi connectivity index (χ0n) is 53.1. The minimum atomic E-state index is -4.37. The van der Waals surface area contributed by atoms with E-state index in [2.05, 4.69) is 67.8 Å². The van der Waals surface area contributed by atoms with Crippen LogP contribution in [-0.4, -0.2) is 73.4 Å². The summed E-state index contributed by atoms with van der Waals surface area (Å²) < 4.78 is 23.8. The second kappa shape index (κ2) is 60.8. The number of hydrogen-bond acceptors (Lipinski definition) is 5. The van der Waals surface area contributed by atoms with E-state index in [-0.39, 0.29) is 19.1 Å². The van der Waals surface area contributed by atoms with Crippen molar-refractivity contribution in [2.75, 3.05) is 40.9 Å². The summed E-state index contributed by atoms with van der Waals surface area (Å²) in [5.41, 5.74) is 0. The minimum Gasteiger partial charge on any atom is -0.387 e. The van der Waals surface area contributed by atoms with Gasteiger partial charge in [-0.25, -0.2) is 4.57 Å². The SMILES string of the molecule is CCCCCCC/C=C\C/C=C\CCCCCCCCCCCCCCCCCC(=O)NC(COP(=O)(O)OCC[N+](C)(C)C)C(O)/C=C/CC/C=C/CC/C=C/CCCCCCCCCCCCCCCCCCCCCC. The Morgan fingerprint density at radius 3 is 1.09 bits per heavy atom. The molecule has 0 saturated carbocycles. The maximum atomic E-state index is 13.0. The third kappa shape index (κ3) is 63.6. The fourth-order valence-corrected chi connectivity index (χ4v) is 10.8. The number of aliphatic hydroxyl groups excluding tert-OH is 1. The molecule has 1 amide bonds. The van der Waals surface area contributed by atoms with Gasteiger partial charge in [-0.05, 0) is 77.0 Å². The van der Waals surface area contributed by atoms with Crippen molar-refractivity contribution in [1.82, 2.24) is 5.32 Å². The van der Waals surface area contributed by atoms with Gasteiger partial charge in [0.25, 0.3) is 0 Å². The Balaban J connectivity index is 4.15. The minimum absolute atomic E-state index is 0.0528. The standard InChI is InChI=1S/C70H133N2O6P/c1-6-8-10-12-14-16-18-20-22-24-26-28-30-32-34-35-36-38-39-41-43-45-47-49-51-53-55-57-59-61-63-69(73)68(67-78-79(75,76)77-66-65-72(3,4)5)71-70(74)64-62-60-58-56-54-52-50-48-46-44-42-40-37-33-31-29-27-25-23-21-19-17-15-13-11-9-7-2/h19,21,25,27,45,47,53,55,61,63,68-69,73H,6-18,20,22-24,26,28-44,46,48-52,54,56-60,62,64-67H2,1-5H3,(H-,71,74,75,76)/p+1/b21-19-,27-25-,47-45+,55-53+,63-61+. The van der Waals surface area contributed by atoms with E-state index in [1.807, 2.05) is 27.2 Å². The summed E-state index contributed by atoms with van der Waals surface area (Å²) in [5, 5.41) is 14.0. The number of nitrogens with zero attached hydrogens (tertiary/aromatic N) is 1. The van der Waals surface area contributed by atoms with Gasteiger partial charge in [-0.15, -0.1) is 0 Å². The normalized spacial score (nSPS) is 14.1. The molecule has 0 aromatic rings. The van der Waals surface area contributed by atoms with Crippen molar-refractivity contribution >= 4 is 13.7 Å². The van der Waals surface area contributed by atoms with E-state index >= 15 is 0 Å². The van der Waals surface area contributed by atoms with E-state index in [0.29, 0.717) is 17.4 Å². The number of carbonyl (C=O) groups excluding carboxylic acids is 1. The smallest absolute Gasteiger partial charge is 0.387 e. The molecule has 3 atom stereocenters. The van der Waals surface area contributed by atoms with Gasteiger partial charge < -0.3 is 19.8 Å². The van der Waals surface area contributed by atoms with Crippen molar-refractivity contribution in [3.05, 3.63) is 60.8 Å². The third-order valence-electron chi connectivity index (χ3n) is 15.4. The topological polar surface area (TPSA) is 105 Å². The van der Waals surface area contributed by atoms with Crippen LogP contribution in [0.4, 0.5) is 0 Å². The first-order chi connectivity index (χ1) is 38.5. The van der Waals surface area contributed by atoms with Gasteiger partial charge in [0.05, 0.1) is 39.9 Å². The predicted octanol–water partition coefficient (Wildman–Crippen LogP) is 21.6. The third-order valence-corrected chi connectivity index (χ3v) is 16.4. The molecular formula is C70H134N2O6P+. The largest absolute Gasteiger partial charge is 0.472 e. The number of hydrogen-bond donors (Lipinski definition) is 3. The first-order valence-corrected chi connectivity index (χ1v) is 35.7. The van der Waals surface area contributed by atoms with Crippen LogP contribution in [0.3, 0.4) is 0 Å². The van der Waals surface area contributed by atoms with Gasteiger partial charge in [-0.3, -0.25) is 13.8 Å². The molecule has 0 fully saturated rings. The summed E-state index contributed by atoms with van der Waals surface area (Å²) >= 11 is 0. The second-order valence-corrected chi connectivity index (χ2v) is 26.0. The van der Waals surface area contributed by atoms with Crippen molar-refractivity contribution in [3.8, 4) is 0 Å². The lowest BCUT2D eigenvalue weighted by Crippen LogP contribution is -2.45. The van der Waals surface area contributed by atoms with Crippen molar-refractivity contribution in [2.24, 2.45) is 0 Å². The molecule has 0 saturated heterocycles. The second-order valence-electron chi connectivity index (χ2n) is 24.5. The number of amides is 1. The number of rotatable bonds is 63. The summed E-state index contributed by atoms with van der Waals surface area (Å²) in [6.07, 6.45) is 83.7. The van der Waals surface area contributed by atoms with Crippen molar-refractivity contribution in [2.45, 2.75) is 341 Å². The summed E-state index contributed by atoms with van der Waals surface area (Å²) in [4.78, 5) is 23.4. The zero-order valence-corrected chi connectivity index (χ0v) is 54.0. The fraction of sp³-hybridized carbons (Fsp3) is 0.843. The van der Waals surface area contributed by atoms with E-state index in [1.165, 1.54) is 257 Å². The Labute approximate surface area is 492 Å². The molecule has 8 nitrogen and oxygen atoms in total. The number of likely N-dealkylation sites (N-methyl/N-ethyl adjacent to an activating group) is 1. The van der Waals surface area contributed by atoms with Gasteiger partial charge in [-0.1, -0.05) is 306 Å². The Bertz CT molecular complexity index is 1470. The van der Waals surface area contributed by atoms with Crippen LogP contribution >= 0.6 is 7.82 Å². The van der Waals surface area contributed by atoms with Crippen molar-refractivity contribution < 1.29 is 32.9 Å². The molecule has 79 heavy (non-hydrogen) atoms. The monoisotopic (exact) mass is 1130 g/mol. The van der Waals surface area contributed by atoms with Gasteiger partial charge in [0.15, 0.2) is 0 Å². The van der Waals surface area contributed by atoms with Crippen LogP contribution in [-0.2, 0) is 18.4 Å². The Hall–Kier alpha value is -1.80. The summed E-state index contributed by atoms with van der Waals surface area (Å²) in [6, 6.07) is -0.873. The van der Waals surface area contributed by atoms with Gasteiger partial charge in [0, 0.05) is 6.42 Å². The molecule has 0 aliphatic rings. The average molecular weight is 1130 g/mol. The number of unbranched alkanes of at least 4 members (excludes halogenated alkanes) is 42. The summed E-state index contributed by atoms with van der Waals surface area (Å²) in [7, 11) is 1.55. The lowest BCUT2D eigenvalue weighted by molar-refractivity contribution is -0.870. The number of carbonyl (C=O) groups is 1. The molecule has 0 heterocycles. The van der Waals surface area contributed by atoms with E-state index < -0.39 is 20.0 Å². The van der Waals surface area contributed by atoms with Crippen LogP contribution < -0.4 is 5.32 Å². The van der Waals surface area contributed by atoms with Crippen LogP contribution in [0.5, 0.6) is 0 Å². The average Bonchev–Trinajstić information content (AvgIpc) is 3.42. The number of phosphoric acid groups is 1. The summed E-state index contributed by atoms with van der Waals surface area (Å²) in [6.45, 7) is 4.82. The van der Waals surface area contributed by atoms with Crippen LogP contribution in [0.1, 0.15) is 328 Å². The van der Waals surface area contributed by atoms with Crippen molar-refractivity contribution in [3.63, 3.8) is 0 Å². The van der Waals surface area contributed by atoms with Crippen LogP contribution in [0, 0.1) is 0 Å². The Kier molecular flexibility index (Phi) is 59.4. The Morgan fingerprint density at radius 2 is 0.734 bits per heavy atom. The molecule has 0 aromatic heterocycles. The molecule has 0 rings (SSSR count). The number of nitrogens with one attached hydrogen (secondary N) is 1. The lowest BCUT2D eigenvalue weighted by atomic mass is 10.0. The van der Waals surface area contributed by atoms with Gasteiger partial charge in [0.2, 0.25) is 5.91 Å². The quantitative estimate of drug-likeness (QED) is 0.0243. The van der Waals surface area contributed by atoms with E-state index in [0.717, 1.165) is 51.4 Å². The zero-order chi connectivity index (χ0) is 57.7. The molecule has 9 heteroatoms. The number of allylic oxidation sites excluding steroid dienone is 9. The van der Waals surface area contributed by atoms with Gasteiger partial charge in [0.1, 0.15) is 13.2 Å². The highest BCUT2D eigenvalue weighted by molar-refractivity contribution is 7.47. The number of aliphatic hydroxyl groups is 1. The number of quaternary nitrogens is 1. The molecule has 0 bridgehead atoms. The molecule has 0 aliphatic carbocycles. The van der Waals surface area contributed by atoms with Gasteiger partial charge >= 0.3 is 7.82 Å². The molecule has 0 aromatic carbocycles. The van der Waals surface area contributed by atoms with Crippen LogP contribution in [0.2, 0.25) is 0 Å². The maximum absolute atomic E-state index is 13.0. The maximum Gasteiger partial charge on any atom is 0.472 e. The highest BCUT2D eigenvalue weighted by Crippen LogP contribution is 2.43. The molecule has 0 spiro atoms. The first-order valence-electron chi connectivity index (χ1n) is 34.2. The summed E-state index contributed by atoms with van der Waals surface area (Å²) in [5.74, 6) is -0.188. The van der Waals surface area contributed by atoms with Gasteiger partial charge in [-0.2, -0.15) is 0 Å². The van der Waals surface area contributed by atoms with Crippen molar-refractivity contribution in [1.29, 1.82) is 0 Å². The Morgan fingerprint density at radius 1 is 0.430 bits per heavy atom. The highest BCUT2D eigenvalue weighted by atomic mass is 31.2. The molecule has 464 valence electrons. The van der Waals surface area contributed by atoms with E-state index in [1.54, 1.807) is 6.08 Å². The van der Waals surface area contributed by atoms with E-state index in [4.69, 9.17) is 9.05 Å². The van der Waals surface area contributed by atoms with Crippen LogP contribution in [0.15, 0.2) is 60.8 Å². The fourth-order valence-electron chi connectivity index (χ4n) is 10.1. The molecular weight excluding hydrogens is 996 g/mol. The predicted molar refractivity (Wildman–Crippen MR) is 346 cm³/mol. The molecule has 0 radical (unpaired) electrons. The number of phosphoric ester groups is 1. The van der Waals surface area contributed by atoms with E-state index in [9.17, 15) is 19.4 Å².